The van der Waals surface area contributed by atoms with Crippen LogP contribution < -0.4 is 5.56 Å². The second-order valence-electron chi connectivity index (χ2n) is 5.44. The van der Waals surface area contributed by atoms with E-state index in [0.29, 0.717) is 16.9 Å². The highest BCUT2D eigenvalue weighted by Gasteiger charge is 2.13. The van der Waals surface area contributed by atoms with Crippen molar-refractivity contribution in [3.05, 3.63) is 82.8 Å². The van der Waals surface area contributed by atoms with Crippen LogP contribution >= 0.6 is 0 Å². The summed E-state index contributed by atoms with van der Waals surface area (Å²) in [6.45, 7) is 1.74. The van der Waals surface area contributed by atoms with Crippen LogP contribution in [0.1, 0.15) is 11.4 Å². The van der Waals surface area contributed by atoms with Crippen molar-refractivity contribution in [2.45, 2.75) is 6.92 Å². The van der Waals surface area contributed by atoms with Gasteiger partial charge in [0.25, 0.3) is 5.56 Å². The van der Waals surface area contributed by atoms with Gasteiger partial charge >= 0.3 is 0 Å². The van der Waals surface area contributed by atoms with E-state index in [1.165, 1.54) is 10.9 Å². The minimum Gasteiger partial charge on any atom is -0.266 e. The summed E-state index contributed by atoms with van der Waals surface area (Å²) in [7, 11) is 0. The second-order valence-corrected chi connectivity index (χ2v) is 5.44. The van der Waals surface area contributed by atoms with E-state index in [4.69, 9.17) is 0 Å². The molecule has 0 spiro atoms. The zero-order chi connectivity index (χ0) is 17.2. The molecule has 0 fully saturated rings. The van der Waals surface area contributed by atoms with Crippen LogP contribution in [0.5, 0.6) is 0 Å². The van der Waals surface area contributed by atoms with E-state index in [1.807, 2.05) is 42.5 Å². The van der Waals surface area contributed by atoms with Gasteiger partial charge in [-0.3, -0.25) is 9.78 Å². The molecule has 3 heterocycles. The summed E-state index contributed by atoms with van der Waals surface area (Å²) >= 11 is 0. The molecule has 0 radical (unpaired) electrons. The first-order valence-corrected chi connectivity index (χ1v) is 7.71. The topological polar surface area (TPSA) is 78.0 Å². The first-order valence-electron chi connectivity index (χ1n) is 7.71. The van der Waals surface area contributed by atoms with Gasteiger partial charge in [-0.15, -0.1) is 0 Å². The Labute approximate surface area is 142 Å². The molecular formula is C18H14N6O. The molecule has 0 aliphatic rings. The summed E-state index contributed by atoms with van der Waals surface area (Å²) in [5.74, 6) is 0.482. The first kappa shape index (κ1) is 14.9. The van der Waals surface area contributed by atoms with Crippen LogP contribution in [0.15, 0.2) is 71.0 Å². The van der Waals surface area contributed by atoms with E-state index in [9.17, 15) is 4.79 Å². The number of hydrogen-bond acceptors (Lipinski definition) is 5. The third kappa shape index (κ3) is 2.72. The lowest BCUT2D eigenvalue weighted by Gasteiger charge is -2.05. The summed E-state index contributed by atoms with van der Waals surface area (Å²) in [6, 6.07) is 13.2. The molecule has 7 heteroatoms. The lowest BCUT2D eigenvalue weighted by Crippen LogP contribution is -2.20. The summed E-state index contributed by atoms with van der Waals surface area (Å²) in [5.41, 5.74) is 1.90. The second kappa shape index (κ2) is 6.12. The number of aromatic nitrogens is 5. The molecule has 0 amide bonds. The van der Waals surface area contributed by atoms with E-state index >= 15 is 0 Å². The molecule has 0 aliphatic heterocycles. The Hall–Kier alpha value is -3.61. The zero-order valence-electron chi connectivity index (χ0n) is 13.4. The van der Waals surface area contributed by atoms with Gasteiger partial charge in [-0.25, -0.2) is 9.67 Å². The van der Waals surface area contributed by atoms with E-state index < -0.39 is 0 Å². The largest absolute Gasteiger partial charge is 0.285 e. The van der Waals surface area contributed by atoms with Crippen LogP contribution in [0.3, 0.4) is 0 Å². The molecule has 0 saturated heterocycles. The minimum absolute atomic E-state index is 0.259. The normalized spacial score (nSPS) is 11.4. The Morgan fingerprint density at radius 1 is 1.08 bits per heavy atom. The van der Waals surface area contributed by atoms with Gasteiger partial charge in [0, 0.05) is 18.0 Å². The van der Waals surface area contributed by atoms with Gasteiger partial charge in [-0.1, -0.05) is 24.3 Å². The lowest BCUT2D eigenvalue weighted by atomic mass is 10.3. The van der Waals surface area contributed by atoms with Crippen LogP contribution in [-0.4, -0.2) is 30.6 Å². The van der Waals surface area contributed by atoms with Crippen LogP contribution in [-0.2, 0) is 0 Å². The molecule has 25 heavy (non-hydrogen) atoms. The number of benzene rings is 1. The van der Waals surface area contributed by atoms with Crippen molar-refractivity contribution >= 4 is 17.2 Å². The van der Waals surface area contributed by atoms with Crippen molar-refractivity contribution in [3.63, 3.8) is 0 Å². The van der Waals surface area contributed by atoms with Crippen molar-refractivity contribution in [3.8, 4) is 5.69 Å². The van der Waals surface area contributed by atoms with Gasteiger partial charge in [0.15, 0.2) is 5.65 Å². The molecule has 4 aromatic rings. The highest BCUT2D eigenvalue weighted by Crippen LogP contribution is 2.14. The third-order valence-electron chi connectivity index (χ3n) is 3.75. The van der Waals surface area contributed by atoms with Crippen LogP contribution in [0.2, 0.25) is 0 Å². The molecule has 0 bridgehead atoms. The third-order valence-corrected chi connectivity index (χ3v) is 3.75. The summed E-state index contributed by atoms with van der Waals surface area (Å²) in [4.78, 5) is 21.3. The standard InChI is InChI=1S/C18H14N6O/c1-13-22-17-16(12-21-24(17)15-7-3-2-4-8-15)18(25)23(13)20-11-14-6-5-9-19-10-14/h2-12H,1H3. The predicted octanol–water partition coefficient (Wildman–Crippen LogP) is 2.17. The fourth-order valence-electron chi connectivity index (χ4n) is 2.53. The Balaban J connectivity index is 1.84. The molecule has 0 atom stereocenters. The SMILES string of the molecule is Cc1nc2c(cnn2-c2ccccc2)c(=O)n1N=Cc1cccnc1. The van der Waals surface area contributed by atoms with Crippen molar-refractivity contribution in [2.75, 3.05) is 0 Å². The number of fused-ring (bicyclic) bond motifs is 1. The molecule has 7 nitrogen and oxygen atoms in total. The van der Waals surface area contributed by atoms with Gasteiger partial charge in [-0.2, -0.15) is 14.9 Å². The number of nitrogens with zero attached hydrogens (tertiary/aromatic N) is 6. The van der Waals surface area contributed by atoms with Crippen LogP contribution in [0.4, 0.5) is 0 Å². The number of aryl methyl sites for hydroxylation is 1. The zero-order valence-corrected chi connectivity index (χ0v) is 13.4. The highest BCUT2D eigenvalue weighted by atomic mass is 16.1. The van der Waals surface area contributed by atoms with Crippen molar-refractivity contribution in [1.29, 1.82) is 0 Å². The molecule has 4 rings (SSSR count). The molecule has 122 valence electrons. The molecule has 0 saturated carbocycles. The maximum Gasteiger partial charge on any atom is 0.285 e. The number of para-hydroxylation sites is 1. The molecule has 0 N–H and O–H groups in total. The number of rotatable bonds is 3. The number of hydrogen-bond donors (Lipinski definition) is 0. The Bertz CT molecular complexity index is 1110. The minimum atomic E-state index is -0.259. The maximum absolute atomic E-state index is 12.8. The van der Waals surface area contributed by atoms with Crippen molar-refractivity contribution in [2.24, 2.45) is 5.10 Å². The Morgan fingerprint density at radius 3 is 2.68 bits per heavy atom. The van der Waals surface area contributed by atoms with E-state index in [0.717, 1.165) is 11.3 Å². The molecular weight excluding hydrogens is 316 g/mol. The molecule has 1 aromatic carbocycles. The average Bonchev–Trinajstić information content (AvgIpc) is 3.07. The van der Waals surface area contributed by atoms with Gasteiger partial charge < -0.3 is 0 Å². The highest BCUT2D eigenvalue weighted by molar-refractivity contribution is 5.79. The van der Waals surface area contributed by atoms with E-state index in [2.05, 4.69) is 20.2 Å². The van der Waals surface area contributed by atoms with Crippen molar-refractivity contribution < 1.29 is 0 Å². The average molecular weight is 330 g/mol. The van der Waals surface area contributed by atoms with Gasteiger partial charge in [-0.05, 0) is 25.1 Å². The predicted molar refractivity (Wildman–Crippen MR) is 95.1 cm³/mol. The van der Waals surface area contributed by atoms with Gasteiger partial charge in [0.2, 0.25) is 0 Å². The van der Waals surface area contributed by atoms with Gasteiger partial charge in [0.05, 0.1) is 18.1 Å². The van der Waals surface area contributed by atoms with E-state index in [1.54, 1.807) is 30.2 Å². The van der Waals surface area contributed by atoms with Crippen LogP contribution in [0.25, 0.3) is 16.7 Å². The summed E-state index contributed by atoms with van der Waals surface area (Å²) in [5, 5.41) is 8.97. The fourth-order valence-corrected chi connectivity index (χ4v) is 2.53. The van der Waals surface area contributed by atoms with Crippen LogP contribution in [0, 0.1) is 6.92 Å². The summed E-state index contributed by atoms with van der Waals surface area (Å²) < 4.78 is 2.92. The fraction of sp³-hybridized carbons (Fsp3) is 0.0556. The lowest BCUT2D eigenvalue weighted by molar-refractivity contribution is 0.764. The first-order chi connectivity index (χ1) is 12.2. The van der Waals surface area contributed by atoms with Gasteiger partial charge in [0.1, 0.15) is 11.2 Å². The monoisotopic (exact) mass is 330 g/mol. The molecule has 0 aliphatic carbocycles. The number of pyridine rings is 1. The smallest absolute Gasteiger partial charge is 0.266 e. The maximum atomic E-state index is 12.8. The quantitative estimate of drug-likeness (QED) is 0.539. The summed E-state index contributed by atoms with van der Waals surface area (Å²) in [6.07, 6.45) is 6.45. The molecule has 3 aromatic heterocycles. The molecule has 0 unspecified atom stereocenters. The van der Waals surface area contributed by atoms with E-state index in [-0.39, 0.29) is 5.56 Å². The Kier molecular flexibility index (Phi) is 3.66. The Morgan fingerprint density at radius 2 is 1.92 bits per heavy atom. The van der Waals surface area contributed by atoms with Crippen molar-refractivity contribution in [1.82, 2.24) is 24.4 Å².